The standard InChI is InChI=1S/C14H28N2O/c1-11(2)15-14-5-4-7-16(9-14)12(3)13-6-8-17-10-13/h11-15H,4-10H2,1-3H3. The van der Waals surface area contributed by atoms with Crippen LogP contribution in [-0.2, 0) is 4.74 Å². The van der Waals surface area contributed by atoms with Crippen molar-refractivity contribution in [3.63, 3.8) is 0 Å². The Kier molecular flexibility index (Phi) is 4.83. The van der Waals surface area contributed by atoms with Crippen molar-refractivity contribution in [3.8, 4) is 0 Å². The number of likely N-dealkylation sites (tertiary alicyclic amines) is 1. The van der Waals surface area contributed by atoms with Crippen molar-refractivity contribution in [2.45, 2.75) is 58.2 Å². The minimum atomic E-state index is 0.602. The fourth-order valence-corrected chi connectivity index (χ4v) is 3.22. The zero-order valence-corrected chi connectivity index (χ0v) is 11.6. The summed E-state index contributed by atoms with van der Waals surface area (Å²) in [5.74, 6) is 0.757. The third kappa shape index (κ3) is 3.67. The van der Waals surface area contributed by atoms with E-state index < -0.39 is 0 Å². The Bertz CT molecular complexity index is 226. The zero-order chi connectivity index (χ0) is 12.3. The van der Waals surface area contributed by atoms with E-state index in [9.17, 15) is 0 Å². The highest BCUT2D eigenvalue weighted by atomic mass is 16.5. The van der Waals surface area contributed by atoms with E-state index in [1.165, 1.54) is 32.4 Å². The van der Waals surface area contributed by atoms with Crippen molar-refractivity contribution < 1.29 is 4.74 Å². The zero-order valence-electron chi connectivity index (χ0n) is 11.6. The molecule has 0 aliphatic carbocycles. The lowest BCUT2D eigenvalue weighted by molar-refractivity contribution is 0.0945. The molecular formula is C14H28N2O. The van der Waals surface area contributed by atoms with Crippen LogP contribution in [-0.4, -0.2) is 49.3 Å². The van der Waals surface area contributed by atoms with Crippen LogP contribution in [0.5, 0.6) is 0 Å². The minimum Gasteiger partial charge on any atom is -0.381 e. The molecule has 3 unspecified atom stereocenters. The molecule has 3 atom stereocenters. The number of rotatable bonds is 4. The average Bonchev–Trinajstić information content (AvgIpc) is 2.81. The van der Waals surface area contributed by atoms with Crippen molar-refractivity contribution >= 4 is 0 Å². The van der Waals surface area contributed by atoms with Gasteiger partial charge in [0, 0.05) is 31.3 Å². The van der Waals surface area contributed by atoms with Crippen molar-refractivity contribution in [2.24, 2.45) is 5.92 Å². The summed E-state index contributed by atoms with van der Waals surface area (Å²) in [6, 6.07) is 1.98. The molecule has 1 N–H and O–H groups in total. The molecule has 0 bridgehead atoms. The molecule has 3 nitrogen and oxygen atoms in total. The van der Waals surface area contributed by atoms with Gasteiger partial charge in [-0.1, -0.05) is 13.8 Å². The van der Waals surface area contributed by atoms with E-state index in [2.05, 4.69) is 31.0 Å². The highest BCUT2D eigenvalue weighted by Gasteiger charge is 2.30. The first kappa shape index (κ1) is 13.3. The lowest BCUT2D eigenvalue weighted by Crippen LogP contribution is -2.52. The third-order valence-corrected chi connectivity index (χ3v) is 4.24. The molecule has 2 fully saturated rings. The van der Waals surface area contributed by atoms with Gasteiger partial charge in [-0.15, -0.1) is 0 Å². The van der Waals surface area contributed by atoms with Crippen LogP contribution in [0.15, 0.2) is 0 Å². The Hall–Kier alpha value is -0.120. The van der Waals surface area contributed by atoms with Crippen LogP contribution < -0.4 is 5.32 Å². The highest BCUT2D eigenvalue weighted by molar-refractivity contribution is 4.85. The van der Waals surface area contributed by atoms with Crippen molar-refractivity contribution in [1.29, 1.82) is 0 Å². The molecule has 0 aromatic carbocycles. The number of nitrogens with zero attached hydrogens (tertiary/aromatic N) is 1. The predicted molar refractivity (Wildman–Crippen MR) is 71.3 cm³/mol. The topological polar surface area (TPSA) is 24.5 Å². The maximum absolute atomic E-state index is 5.52. The van der Waals surface area contributed by atoms with E-state index >= 15 is 0 Å². The largest absolute Gasteiger partial charge is 0.381 e. The van der Waals surface area contributed by atoms with Crippen LogP contribution in [0, 0.1) is 5.92 Å². The number of hydrogen-bond donors (Lipinski definition) is 1. The van der Waals surface area contributed by atoms with Crippen molar-refractivity contribution in [1.82, 2.24) is 10.2 Å². The Morgan fingerprint density at radius 2 is 2.06 bits per heavy atom. The van der Waals surface area contributed by atoms with Gasteiger partial charge in [0.2, 0.25) is 0 Å². The first-order chi connectivity index (χ1) is 8.16. The number of ether oxygens (including phenoxy) is 1. The second-order valence-electron chi connectivity index (χ2n) is 6.02. The fraction of sp³-hybridized carbons (Fsp3) is 1.00. The molecular weight excluding hydrogens is 212 g/mol. The molecule has 0 aromatic rings. The summed E-state index contributed by atoms with van der Waals surface area (Å²) in [7, 11) is 0. The Balaban J connectivity index is 1.83. The average molecular weight is 240 g/mol. The molecule has 3 heteroatoms. The summed E-state index contributed by atoms with van der Waals surface area (Å²) < 4.78 is 5.52. The van der Waals surface area contributed by atoms with Crippen LogP contribution in [0.1, 0.15) is 40.0 Å². The molecule has 100 valence electrons. The van der Waals surface area contributed by atoms with E-state index in [4.69, 9.17) is 4.74 Å². The molecule has 17 heavy (non-hydrogen) atoms. The number of hydrogen-bond acceptors (Lipinski definition) is 3. The van der Waals surface area contributed by atoms with Crippen LogP contribution in [0.3, 0.4) is 0 Å². The van der Waals surface area contributed by atoms with Gasteiger partial charge in [-0.05, 0) is 38.6 Å². The lowest BCUT2D eigenvalue weighted by atomic mass is 9.95. The molecule has 0 aromatic heterocycles. The molecule has 2 heterocycles. The maximum Gasteiger partial charge on any atom is 0.0509 e. The van der Waals surface area contributed by atoms with Gasteiger partial charge in [-0.2, -0.15) is 0 Å². The monoisotopic (exact) mass is 240 g/mol. The van der Waals surface area contributed by atoms with Crippen molar-refractivity contribution in [2.75, 3.05) is 26.3 Å². The Morgan fingerprint density at radius 1 is 1.24 bits per heavy atom. The van der Waals surface area contributed by atoms with Gasteiger partial charge in [0.1, 0.15) is 0 Å². The summed E-state index contributed by atoms with van der Waals surface area (Å²) in [4.78, 5) is 2.67. The molecule has 2 aliphatic rings. The van der Waals surface area contributed by atoms with Gasteiger partial charge >= 0.3 is 0 Å². The van der Waals surface area contributed by atoms with Gasteiger partial charge < -0.3 is 10.1 Å². The number of nitrogens with one attached hydrogen (secondary N) is 1. The second kappa shape index (κ2) is 6.17. The van der Waals surface area contributed by atoms with E-state index in [1.54, 1.807) is 0 Å². The normalized spacial score (nSPS) is 33.2. The van der Waals surface area contributed by atoms with Gasteiger partial charge in [-0.3, -0.25) is 4.90 Å². The molecule has 0 saturated carbocycles. The van der Waals surface area contributed by atoms with Gasteiger partial charge in [0.05, 0.1) is 6.61 Å². The van der Waals surface area contributed by atoms with Crippen LogP contribution in [0.2, 0.25) is 0 Å². The molecule has 0 amide bonds. The summed E-state index contributed by atoms with van der Waals surface area (Å²) >= 11 is 0. The minimum absolute atomic E-state index is 0.602. The Morgan fingerprint density at radius 3 is 2.71 bits per heavy atom. The summed E-state index contributed by atoms with van der Waals surface area (Å²) in [6.07, 6.45) is 3.92. The van der Waals surface area contributed by atoms with Crippen molar-refractivity contribution in [3.05, 3.63) is 0 Å². The lowest BCUT2D eigenvalue weighted by Gasteiger charge is -2.39. The third-order valence-electron chi connectivity index (χ3n) is 4.24. The smallest absolute Gasteiger partial charge is 0.0509 e. The highest BCUT2D eigenvalue weighted by Crippen LogP contribution is 2.23. The molecule has 2 saturated heterocycles. The molecule has 2 rings (SSSR count). The fourth-order valence-electron chi connectivity index (χ4n) is 3.22. The first-order valence-corrected chi connectivity index (χ1v) is 7.24. The quantitative estimate of drug-likeness (QED) is 0.812. The second-order valence-corrected chi connectivity index (χ2v) is 6.02. The van der Waals surface area contributed by atoms with Gasteiger partial charge in [-0.25, -0.2) is 0 Å². The summed E-state index contributed by atoms with van der Waals surface area (Å²) in [5.41, 5.74) is 0. The van der Waals surface area contributed by atoms with Gasteiger partial charge in [0.25, 0.3) is 0 Å². The van der Waals surface area contributed by atoms with E-state index in [0.29, 0.717) is 18.1 Å². The van der Waals surface area contributed by atoms with E-state index in [1.807, 2.05) is 0 Å². The molecule has 0 radical (unpaired) electrons. The summed E-state index contributed by atoms with van der Waals surface area (Å²) in [5, 5.41) is 3.68. The Labute approximate surface area is 106 Å². The maximum atomic E-state index is 5.52. The predicted octanol–water partition coefficient (Wildman–Crippen LogP) is 1.87. The summed E-state index contributed by atoms with van der Waals surface area (Å²) in [6.45, 7) is 11.3. The SMILES string of the molecule is CC(C)NC1CCCN(C(C)C2CCOC2)C1. The molecule has 0 spiro atoms. The van der Waals surface area contributed by atoms with E-state index in [0.717, 1.165) is 19.1 Å². The van der Waals surface area contributed by atoms with E-state index in [-0.39, 0.29) is 0 Å². The molecule has 2 aliphatic heterocycles. The van der Waals surface area contributed by atoms with Crippen LogP contribution in [0.4, 0.5) is 0 Å². The van der Waals surface area contributed by atoms with Gasteiger partial charge in [0.15, 0.2) is 0 Å². The first-order valence-electron chi connectivity index (χ1n) is 7.24. The number of piperidine rings is 1. The van der Waals surface area contributed by atoms with Crippen LogP contribution >= 0.6 is 0 Å². The van der Waals surface area contributed by atoms with Crippen LogP contribution in [0.25, 0.3) is 0 Å².